The van der Waals surface area contributed by atoms with Crippen LogP contribution in [-0.2, 0) is 26.3 Å². The summed E-state index contributed by atoms with van der Waals surface area (Å²) in [4.78, 5) is 27.4. The van der Waals surface area contributed by atoms with Crippen molar-refractivity contribution < 1.29 is 22.4 Å². The van der Waals surface area contributed by atoms with E-state index in [-0.39, 0.29) is 18.1 Å². The summed E-state index contributed by atoms with van der Waals surface area (Å²) in [6.07, 6.45) is 0. The summed E-state index contributed by atoms with van der Waals surface area (Å²) in [5, 5.41) is 2.70. The molecule has 0 aliphatic rings. The van der Waals surface area contributed by atoms with Gasteiger partial charge in [-0.2, -0.15) is 12.7 Å². The topological polar surface area (TPSA) is 90.0 Å². The summed E-state index contributed by atoms with van der Waals surface area (Å²) in [7, 11) is -1.38. The van der Waals surface area contributed by atoms with Crippen molar-refractivity contribution in [1.82, 2.24) is 14.5 Å². The van der Waals surface area contributed by atoms with E-state index >= 15 is 0 Å². The minimum Gasteiger partial charge on any atom is -0.355 e. The molecule has 33 heavy (non-hydrogen) atoms. The number of anilines is 1. The lowest BCUT2D eigenvalue weighted by Crippen LogP contribution is -2.52. The number of rotatable bonds is 10. The van der Waals surface area contributed by atoms with Crippen LogP contribution in [0.25, 0.3) is 0 Å². The molecule has 0 saturated carbocycles. The molecule has 1 N–H and O–H groups in total. The third kappa shape index (κ3) is 6.75. The SMILES string of the molecule is CCNC(=O)C(C)N(Cc1cccc(C)c1)C(=O)CN(c1ccc(F)cc1)S(=O)(=O)N(C)C. The molecule has 0 aliphatic heterocycles. The number of carbonyl (C=O) groups excluding carboxylic acids is 2. The van der Waals surface area contributed by atoms with E-state index in [1.165, 1.54) is 31.1 Å². The number of hydrogen-bond donors (Lipinski definition) is 1. The minimum atomic E-state index is -4.07. The molecule has 2 amide bonds. The molecule has 0 saturated heterocycles. The lowest BCUT2D eigenvalue weighted by molar-refractivity contribution is -0.139. The number of nitrogens with zero attached hydrogens (tertiary/aromatic N) is 3. The number of benzene rings is 2. The quantitative estimate of drug-likeness (QED) is 0.568. The Morgan fingerprint density at radius 2 is 1.73 bits per heavy atom. The lowest BCUT2D eigenvalue weighted by Gasteiger charge is -2.32. The first-order valence-electron chi connectivity index (χ1n) is 10.6. The van der Waals surface area contributed by atoms with E-state index in [4.69, 9.17) is 0 Å². The molecule has 2 aromatic carbocycles. The van der Waals surface area contributed by atoms with Crippen LogP contribution < -0.4 is 9.62 Å². The van der Waals surface area contributed by atoms with E-state index in [1.807, 2.05) is 31.2 Å². The van der Waals surface area contributed by atoms with E-state index in [0.717, 1.165) is 31.9 Å². The summed E-state index contributed by atoms with van der Waals surface area (Å²) in [5.74, 6) is -1.44. The molecule has 10 heteroatoms. The molecule has 1 atom stereocenters. The van der Waals surface area contributed by atoms with Gasteiger partial charge in [0.05, 0.1) is 5.69 Å². The Kier molecular flexibility index (Phi) is 8.95. The number of carbonyl (C=O) groups is 2. The summed E-state index contributed by atoms with van der Waals surface area (Å²) < 4.78 is 41.3. The van der Waals surface area contributed by atoms with Crippen LogP contribution in [0.3, 0.4) is 0 Å². The van der Waals surface area contributed by atoms with E-state index in [0.29, 0.717) is 6.54 Å². The molecule has 0 fully saturated rings. The van der Waals surface area contributed by atoms with Crippen LogP contribution in [0.1, 0.15) is 25.0 Å². The molecule has 0 aliphatic carbocycles. The Balaban J connectivity index is 2.44. The zero-order chi connectivity index (χ0) is 24.8. The van der Waals surface area contributed by atoms with Gasteiger partial charge in [0.25, 0.3) is 0 Å². The van der Waals surface area contributed by atoms with Crippen molar-refractivity contribution in [3.63, 3.8) is 0 Å². The molecule has 0 heterocycles. The first-order valence-corrected chi connectivity index (χ1v) is 12.0. The fraction of sp³-hybridized carbons (Fsp3) is 0.391. The van der Waals surface area contributed by atoms with Crippen molar-refractivity contribution in [3.05, 3.63) is 65.5 Å². The molecule has 8 nitrogen and oxygen atoms in total. The van der Waals surface area contributed by atoms with Crippen molar-refractivity contribution in [1.29, 1.82) is 0 Å². The van der Waals surface area contributed by atoms with Crippen LogP contribution in [-0.4, -0.2) is 62.7 Å². The molecule has 180 valence electrons. The maximum absolute atomic E-state index is 13.4. The van der Waals surface area contributed by atoms with E-state index < -0.39 is 34.5 Å². The van der Waals surface area contributed by atoms with Crippen LogP contribution in [0.4, 0.5) is 10.1 Å². The molecular formula is C23H31FN4O4S. The Hall–Kier alpha value is -2.98. The van der Waals surface area contributed by atoms with Gasteiger partial charge in [0.15, 0.2) is 0 Å². The van der Waals surface area contributed by atoms with Gasteiger partial charge in [-0.1, -0.05) is 29.8 Å². The average Bonchev–Trinajstić information content (AvgIpc) is 2.76. The van der Waals surface area contributed by atoms with Crippen LogP contribution in [0, 0.1) is 12.7 Å². The number of aryl methyl sites for hydroxylation is 1. The highest BCUT2D eigenvalue weighted by Crippen LogP contribution is 2.21. The van der Waals surface area contributed by atoms with E-state index in [9.17, 15) is 22.4 Å². The van der Waals surface area contributed by atoms with Crippen LogP contribution in [0.2, 0.25) is 0 Å². The van der Waals surface area contributed by atoms with Gasteiger partial charge in [-0.15, -0.1) is 0 Å². The normalized spacial score (nSPS) is 12.3. The summed E-state index contributed by atoms with van der Waals surface area (Å²) in [5.41, 5.74) is 1.94. The van der Waals surface area contributed by atoms with E-state index in [1.54, 1.807) is 13.8 Å². The number of hydrogen-bond acceptors (Lipinski definition) is 4. The van der Waals surface area contributed by atoms with Crippen LogP contribution >= 0.6 is 0 Å². The van der Waals surface area contributed by atoms with Crippen LogP contribution in [0.15, 0.2) is 48.5 Å². The highest BCUT2D eigenvalue weighted by atomic mass is 32.2. The first-order chi connectivity index (χ1) is 15.5. The number of likely N-dealkylation sites (N-methyl/N-ethyl adjacent to an activating group) is 1. The fourth-order valence-electron chi connectivity index (χ4n) is 3.24. The molecule has 2 aromatic rings. The van der Waals surface area contributed by atoms with Gasteiger partial charge in [-0.25, -0.2) is 8.70 Å². The maximum Gasteiger partial charge on any atom is 0.304 e. The second-order valence-electron chi connectivity index (χ2n) is 7.85. The molecule has 0 radical (unpaired) electrons. The molecular weight excluding hydrogens is 447 g/mol. The van der Waals surface area contributed by atoms with Crippen LogP contribution in [0.5, 0.6) is 0 Å². The number of nitrogens with one attached hydrogen (secondary N) is 1. The van der Waals surface area contributed by atoms with Gasteiger partial charge in [0, 0.05) is 27.2 Å². The van der Waals surface area contributed by atoms with E-state index in [2.05, 4.69) is 5.32 Å². The Morgan fingerprint density at radius 1 is 1.09 bits per heavy atom. The smallest absolute Gasteiger partial charge is 0.304 e. The average molecular weight is 479 g/mol. The predicted octanol–water partition coefficient (Wildman–Crippen LogP) is 2.30. The Labute approximate surface area is 195 Å². The van der Waals surface area contributed by atoms with Gasteiger partial charge < -0.3 is 10.2 Å². The van der Waals surface area contributed by atoms with Gasteiger partial charge >= 0.3 is 10.2 Å². The van der Waals surface area contributed by atoms with Gasteiger partial charge in [-0.05, 0) is 50.6 Å². The largest absolute Gasteiger partial charge is 0.355 e. The predicted molar refractivity (Wildman–Crippen MR) is 126 cm³/mol. The zero-order valence-corrected chi connectivity index (χ0v) is 20.4. The second kappa shape index (κ2) is 11.2. The summed E-state index contributed by atoms with van der Waals surface area (Å²) in [6.45, 7) is 5.26. The highest BCUT2D eigenvalue weighted by molar-refractivity contribution is 7.90. The van der Waals surface area contributed by atoms with Gasteiger partial charge in [0.2, 0.25) is 11.8 Å². The molecule has 0 aromatic heterocycles. The highest BCUT2D eigenvalue weighted by Gasteiger charge is 2.32. The first kappa shape index (κ1) is 26.3. The fourth-order valence-corrected chi connectivity index (χ4v) is 4.29. The van der Waals surface area contributed by atoms with Crippen molar-refractivity contribution >= 4 is 27.7 Å². The lowest BCUT2D eigenvalue weighted by atomic mass is 10.1. The maximum atomic E-state index is 13.4. The molecule has 1 unspecified atom stereocenters. The third-order valence-corrected chi connectivity index (χ3v) is 6.91. The van der Waals surface area contributed by atoms with Gasteiger partial charge in [0.1, 0.15) is 18.4 Å². The Morgan fingerprint density at radius 3 is 2.27 bits per heavy atom. The van der Waals surface area contributed by atoms with Gasteiger partial charge in [-0.3, -0.25) is 9.59 Å². The standard InChI is InChI=1S/C23H31FN4O4S/c1-6-25-23(30)18(3)27(15-19-9-7-8-17(2)14-19)22(29)16-28(33(31,32)26(4)5)21-12-10-20(24)11-13-21/h7-14,18H,6,15-16H2,1-5H3,(H,25,30). The monoisotopic (exact) mass is 478 g/mol. The zero-order valence-electron chi connectivity index (χ0n) is 19.6. The van der Waals surface area contributed by atoms with Crippen molar-refractivity contribution in [2.24, 2.45) is 0 Å². The number of amides is 2. The third-order valence-electron chi connectivity index (χ3n) is 5.09. The summed E-state index contributed by atoms with van der Waals surface area (Å²) in [6, 6.07) is 11.5. The number of halogens is 1. The van der Waals surface area contributed by atoms with Crippen molar-refractivity contribution in [3.8, 4) is 0 Å². The Bertz CT molecular complexity index is 1070. The second-order valence-corrected chi connectivity index (χ2v) is 9.92. The molecule has 0 spiro atoms. The molecule has 0 bridgehead atoms. The molecule has 2 rings (SSSR count). The minimum absolute atomic E-state index is 0.123. The van der Waals surface area contributed by atoms with Crippen molar-refractivity contribution in [2.75, 3.05) is 31.5 Å². The summed E-state index contributed by atoms with van der Waals surface area (Å²) >= 11 is 0. The van der Waals surface area contributed by atoms with Crippen molar-refractivity contribution in [2.45, 2.75) is 33.4 Å².